The van der Waals surface area contributed by atoms with Gasteiger partial charge in [0.15, 0.2) is 0 Å². The van der Waals surface area contributed by atoms with Crippen LogP contribution in [0, 0.1) is 11.8 Å². The van der Waals surface area contributed by atoms with Gasteiger partial charge in [-0.15, -0.1) is 0 Å². The minimum atomic E-state index is 0.257. The van der Waals surface area contributed by atoms with Gasteiger partial charge in [0.05, 0.1) is 21.8 Å². The highest BCUT2D eigenvalue weighted by atomic mass is 35.5. The summed E-state index contributed by atoms with van der Waals surface area (Å²) in [7, 11) is 0. The third-order valence-corrected chi connectivity index (χ3v) is 4.79. The summed E-state index contributed by atoms with van der Waals surface area (Å²) in [6.45, 7) is 5.53. The van der Waals surface area contributed by atoms with Gasteiger partial charge in [0.2, 0.25) is 0 Å². The summed E-state index contributed by atoms with van der Waals surface area (Å²) in [5, 5.41) is 4.93. The molecule has 1 aromatic rings. The van der Waals surface area contributed by atoms with Crippen LogP contribution in [0.3, 0.4) is 0 Å². The number of nitrogens with one attached hydrogen (secondary N) is 1. The van der Waals surface area contributed by atoms with Gasteiger partial charge in [-0.1, -0.05) is 49.9 Å². The van der Waals surface area contributed by atoms with Crippen LogP contribution < -0.4 is 5.32 Å². The average Bonchev–Trinajstić information content (AvgIpc) is 2.42. The Bertz CT molecular complexity index is 428. The molecule has 1 aliphatic rings. The van der Waals surface area contributed by atoms with E-state index in [0.29, 0.717) is 16.0 Å². The molecular formula is C16H24Cl2N2. The molecule has 1 fully saturated rings. The van der Waals surface area contributed by atoms with Gasteiger partial charge in [-0.25, -0.2) is 0 Å². The van der Waals surface area contributed by atoms with E-state index >= 15 is 0 Å². The Morgan fingerprint density at radius 2 is 2.00 bits per heavy atom. The van der Waals surface area contributed by atoms with Crippen molar-refractivity contribution in [1.82, 2.24) is 10.3 Å². The average molecular weight is 315 g/mol. The zero-order valence-electron chi connectivity index (χ0n) is 12.3. The normalized spacial score (nSPS) is 24.6. The van der Waals surface area contributed by atoms with Crippen molar-refractivity contribution in [3.63, 3.8) is 0 Å². The molecule has 0 aromatic carbocycles. The van der Waals surface area contributed by atoms with Crippen molar-refractivity contribution in [2.24, 2.45) is 11.8 Å². The van der Waals surface area contributed by atoms with Crippen molar-refractivity contribution in [3.8, 4) is 0 Å². The van der Waals surface area contributed by atoms with E-state index in [0.717, 1.165) is 24.6 Å². The van der Waals surface area contributed by atoms with E-state index in [1.54, 1.807) is 12.3 Å². The molecule has 0 radical (unpaired) electrons. The molecule has 1 heterocycles. The van der Waals surface area contributed by atoms with E-state index in [2.05, 4.69) is 24.1 Å². The minimum absolute atomic E-state index is 0.257. The van der Waals surface area contributed by atoms with Crippen LogP contribution in [0.2, 0.25) is 10.0 Å². The van der Waals surface area contributed by atoms with Crippen molar-refractivity contribution in [2.75, 3.05) is 6.54 Å². The molecular weight excluding hydrogens is 291 g/mol. The van der Waals surface area contributed by atoms with E-state index < -0.39 is 0 Å². The molecule has 1 unspecified atom stereocenters. The fraction of sp³-hybridized carbons (Fsp3) is 0.688. The Morgan fingerprint density at radius 1 is 1.30 bits per heavy atom. The van der Waals surface area contributed by atoms with Crippen LogP contribution in [0.1, 0.15) is 57.7 Å². The van der Waals surface area contributed by atoms with Gasteiger partial charge < -0.3 is 5.32 Å². The molecule has 112 valence electrons. The Labute approximate surface area is 132 Å². The molecule has 1 N–H and O–H groups in total. The Kier molecular flexibility index (Phi) is 6.13. The third-order valence-electron chi connectivity index (χ3n) is 4.28. The molecule has 0 saturated heterocycles. The van der Waals surface area contributed by atoms with E-state index in [1.165, 1.54) is 25.7 Å². The molecule has 4 heteroatoms. The SMILES string of the molecule is CCCNC(c1ncc(Cl)cc1Cl)C1CCC(C)CC1. The van der Waals surface area contributed by atoms with Gasteiger partial charge in [-0.2, -0.15) is 0 Å². The number of halogens is 2. The first-order valence-electron chi connectivity index (χ1n) is 7.66. The molecule has 20 heavy (non-hydrogen) atoms. The molecule has 1 saturated carbocycles. The zero-order chi connectivity index (χ0) is 14.5. The molecule has 0 spiro atoms. The quantitative estimate of drug-likeness (QED) is 0.802. The van der Waals surface area contributed by atoms with Crippen LogP contribution in [0.15, 0.2) is 12.3 Å². The van der Waals surface area contributed by atoms with Crippen LogP contribution >= 0.6 is 23.2 Å². The van der Waals surface area contributed by atoms with Crippen LogP contribution in [0.25, 0.3) is 0 Å². The van der Waals surface area contributed by atoms with Crippen LogP contribution in [0.4, 0.5) is 0 Å². The minimum Gasteiger partial charge on any atom is -0.308 e. The lowest BCUT2D eigenvalue weighted by Gasteiger charge is -2.33. The Balaban J connectivity index is 2.17. The molecule has 2 nitrogen and oxygen atoms in total. The first-order valence-corrected chi connectivity index (χ1v) is 8.41. The van der Waals surface area contributed by atoms with Gasteiger partial charge >= 0.3 is 0 Å². The van der Waals surface area contributed by atoms with Crippen LogP contribution in [-0.2, 0) is 0 Å². The number of aromatic nitrogens is 1. The molecule has 1 aromatic heterocycles. The van der Waals surface area contributed by atoms with Gasteiger partial charge in [0.1, 0.15) is 0 Å². The predicted octanol–water partition coefficient (Wildman–Crippen LogP) is 5.26. The topological polar surface area (TPSA) is 24.9 Å². The summed E-state index contributed by atoms with van der Waals surface area (Å²) in [6, 6.07) is 2.06. The maximum atomic E-state index is 6.36. The lowest BCUT2D eigenvalue weighted by molar-refractivity contribution is 0.229. The van der Waals surface area contributed by atoms with Crippen molar-refractivity contribution < 1.29 is 0 Å². The molecule has 1 atom stereocenters. The summed E-state index contributed by atoms with van der Waals surface area (Å²) in [6.07, 6.45) is 7.94. The maximum Gasteiger partial charge on any atom is 0.0762 e. The van der Waals surface area contributed by atoms with E-state index in [4.69, 9.17) is 23.2 Å². The monoisotopic (exact) mass is 314 g/mol. The molecule has 0 amide bonds. The summed E-state index contributed by atoms with van der Waals surface area (Å²) in [4.78, 5) is 4.50. The second-order valence-electron chi connectivity index (χ2n) is 5.97. The first kappa shape index (κ1) is 16.1. The number of rotatable bonds is 5. The second-order valence-corrected chi connectivity index (χ2v) is 6.82. The lowest BCUT2D eigenvalue weighted by atomic mass is 9.78. The van der Waals surface area contributed by atoms with Crippen molar-refractivity contribution in [2.45, 2.75) is 52.0 Å². The van der Waals surface area contributed by atoms with Crippen molar-refractivity contribution in [1.29, 1.82) is 0 Å². The maximum absolute atomic E-state index is 6.36. The fourth-order valence-electron chi connectivity index (χ4n) is 3.06. The smallest absolute Gasteiger partial charge is 0.0762 e. The van der Waals surface area contributed by atoms with Crippen molar-refractivity contribution >= 4 is 23.2 Å². The summed E-state index contributed by atoms with van der Waals surface area (Å²) < 4.78 is 0. The van der Waals surface area contributed by atoms with E-state index in [-0.39, 0.29) is 6.04 Å². The Hall–Kier alpha value is -0.310. The molecule has 1 aliphatic carbocycles. The van der Waals surface area contributed by atoms with Gasteiger partial charge in [-0.05, 0) is 43.7 Å². The third kappa shape index (κ3) is 4.09. The molecule has 0 aliphatic heterocycles. The number of pyridine rings is 1. The van der Waals surface area contributed by atoms with Crippen LogP contribution in [-0.4, -0.2) is 11.5 Å². The molecule has 0 bridgehead atoms. The lowest BCUT2D eigenvalue weighted by Crippen LogP contribution is -2.32. The standard InChI is InChI=1S/C16H24Cl2N2/c1-3-8-19-15(12-6-4-11(2)5-7-12)16-14(18)9-13(17)10-20-16/h9-12,15,19H,3-8H2,1-2H3. The summed E-state index contributed by atoms with van der Waals surface area (Å²) in [5.74, 6) is 1.48. The van der Waals surface area contributed by atoms with Crippen molar-refractivity contribution in [3.05, 3.63) is 28.0 Å². The number of nitrogens with zero attached hydrogens (tertiary/aromatic N) is 1. The Morgan fingerprint density at radius 3 is 2.60 bits per heavy atom. The fourth-order valence-corrected chi connectivity index (χ4v) is 3.56. The second kappa shape index (κ2) is 7.63. The summed E-state index contributed by atoms with van der Waals surface area (Å²) in [5.41, 5.74) is 0.962. The highest BCUT2D eigenvalue weighted by molar-refractivity contribution is 6.34. The van der Waals surface area contributed by atoms with Gasteiger partial charge in [-0.3, -0.25) is 4.98 Å². The number of hydrogen-bond donors (Lipinski definition) is 1. The highest BCUT2D eigenvalue weighted by Gasteiger charge is 2.29. The van der Waals surface area contributed by atoms with Gasteiger partial charge in [0, 0.05) is 6.20 Å². The molecule has 2 rings (SSSR count). The highest BCUT2D eigenvalue weighted by Crippen LogP contribution is 2.38. The first-order chi connectivity index (χ1) is 9.61. The number of hydrogen-bond acceptors (Lipinski definition) is 2. The largest absolute Gasteiger partial charge is 0.308 e. The zero-order valence-corrected chi connectivity index (χ0v) is 13.8. The van der Waals surface area contributed by atoms with E-state index in [9.17, 15) is 0 Å². The van der Waals surface area contributed by atoms with Crippen LogP contribution in [0.5, 0.6) is 0 Å². The van der Waals surface area contributed by atoms with Gasteiger partial charge in [0.25, 0.3) is 0 Å². The summed E-state index contributed by atoms with van der Waals surface area (Å²) >= 11 is 12.3. The van der Waals surface area contributed by atoms with E-state index in [1.807, 2.05) is 0 Å². The predicted molar refractivity (Wildman–Crippen MR) is 86.4 cm³/mol.